The summed E-state index contributed by atoms with van der Waals surface area (Å²) in [5.74, 6) is 0.769. The summed E-state index contributed by atoms with van der Waals surface area (Å²) in [6, 6.07) is 0. The minimum absolute atomic E-state index is 0.0563. The van der Waals surface area contributed by atoms with E-state index in [2.05, 4.69) is 36.1 Å². The first-order chi connectivity index (χ1) is 8.74. The van der Waals surface area contributed by atoms with Crippen LogP contribution in [0.5, 0.6) is 0 Å². The highest BCUT2D eigenvalue weighted by Crippen LogP contribution is 2.16. The lowest BCUT2D eigenvalue weighted by molar-refractivity contribution is 0.111. The Morgan fingerprint density at radius 2 is 1.68 bits per heavy atom. The molecule has 108 valence electrons. The van der Waals surface area contributed by atoms with Crippen molar-refractivity contribution < 1.29 is 4.74 Å². The number of rotatable bonds is 5. The average molecular weight is 265 g/mol. The van der Waals surface area contributed by atoms with Crippen LogP contribution in [0.15, 0.2) is 0 Å². The second-order valence-corrected chi connectivity index (χ2v) is 6.04. The third kappa shape index (κ3) is 4.88. The van der Waals surface area contributed by atoms with E-state index >= 15 is 0 Å². The molecule has 0 amide bonds. The topological polar surface area (TPSA) is 47.0 Å². The molecule has 4 heteroatoms. The second-order valence-electron chi connectivity index (χ2n) is 6.04. The van der Waals surface area contributed by atoms with Gasteiger partial charge in [0.05, 0.1) is 0 Å². The van der Waals surface area contributed by atoms with Crippen molar-refractivity contribution in [1.82, 2.24) is 15.3 Å². The van der Waals surface area contributed by atoms with Crippen molar-refractivity contribution in [3.63, 3.8) is 0 Å². The van der Waals surface area contributed by atoms with E-state index in [0.29, 0.717) is 0 Å². The van der Waals surface area contributed by atoms with Crippen molar-refractivity contribution in [3.8, 4) is 0 Å². The van der Waals surface area contributed by atoms with E-state index < -0.39 is 0 Å². The molecular weight excluding hydrogens is 238 g/mol. The molecule has 1 unspecified atom stereocenters. The minimum atomic E-state index is -0.0563. The molecule has 1 aromatic rings. The Morgan fingerprint density at radius 1 is 1.16 bits per heavy atom. The molecule has 1 N–H and O–H groups in total. The van der Waals surface area contributed by atoms with Crippen molar-refractivity contribution in [2.75, 3.05) is 13.7 Å². The molecule has 4 nitrogen and oxygen atoms in total. The quantitative estimate of drug-likeness (QED) is 0.889. The Kier molecular flexibility index (Phi) is 5.44. The number of ether oxygens (including phenoxy) is 1. The molecule has 19 heavy (non-hydrogen) atoms. The molecule has 1 heterocycles. The highest BCUT2D eigenvalue weighted by molar-refractivity contribution is 5.25. The smallest absolute Gasteiger partial charge is 0.157 e. The van der Waals surface area contributed by atoms with Gasteiger partial charge in [-0.25, -0.2) is 9.97 Å². The fourth-order valence-electron chi connectivity index (χ4n) is 1.98. The summed E-state index contributed by atoms with van der Waals surface area (Å²) in [5.41, 5.74) is 3.50. The van der Waals surface area contributed by atoms with E-state index in [9.17, 15) is 0 Å². The first-order valence-corrected chi connectivity index (χ1v) is 6.86. The van der Waals surface area contributed by atoms with Gasteiger partial charge in [-0.1, -0.05) is 0 Å². The van der Waals surface area contributed by atoms with Gasteiger partial charge in [0.25, 0.3) is 0 Å². The Hall–Kier alpha value is -1.00. The molecule has 1 aromatic heterocycles. The molecule has 0 aromatic carbocycles. The first-order valence-electron chi connectivity index (χ1n) is 6.86. The monoisotopic (exact) mass is 265 g/mol. The average Bonchev–Trinajstić information content (AvgIpc) is 2.30. The normalized spacial score (nSPS) is 13.6. The molecule has 0 spiro atoms. The van der Waals surface area contributed by atoms with Crippen LogP contribution in [0.25, 0.3) is 0 Å². The highest BCUT2D eigenvalue weighted by atomic mass is 16.5. The van der Waals surface area contributed by atoms with Crippen LogP contribution in [0.4, 0.5) is 0 Å². The van der Waals surface area contributed by atoms with Crippen molar-refractivity contribution >= 4 is 0 Å². The van der Waals surface area contributed by atoms with Gasteiger partial charge in [0, 0.05) is 24.0 Å². The van der Waals surface area contributed by atoms with Crippen LogP contribution in [0.1, 0.15) is 56.6 Å². The van der Waals surface area contributed by atoms with Crippen molar-refractivity contribution in [2.24, 2.45) is 0 Å². The molecule has 0 radical (unpaired) electrons. The maximum absolute atomic E-state index is 5.27. The summed E-state index contributed by atoms with van der Waals surface area (Å²) < 4.78 is 5.27. The van der Waals surface area contributed by atoms with E-state index in [1.807, 2.05) is 20.8 Å². The molecule has 0 aliphatic heterocycles. The third-order valence-electron chi connectivity index (χ3n) is 3.19. The van der Waals surface area contributed by atoms with Crippen LogP contribution < -0.4 is 5.32 Å². The van der Waals surface area contributed by atoms with Gasteiger partial charge < -0.3 is 10.1 Å². The Morgan fingerprint density at radius 3 is 2.11 bits per heavy atom. The van der Waals surface area contributed by atoms with Crippen LogP contribution in [-0.2, 0) is 11.2 Å². The van der Waals surface area contributed by atoms with Gasteiger partial charge in [-0.3, -0.25) is 0 Å². The van der Waals surface area contributed by atoms with Gasteiger partial charge in [-0.2, -0.15) is 0 Å². The van der Waals surface area contributed by atoms with E-state index in [-0.39, 0.29) is 11.6 Å². The number of nitrogens with zero attached hydrogens (tertiary/aromatic N) is 2. The van der Waals surface area contributed by atoms with Crippen LogP contribution >= 0.6 is 0 Å². The third-order valence-corrected chi connectivity index (χ3v) is 3.19. The number of hydrogen-bond acceptors (Lipinski definition) is 4. The second kappa shape index (κ2) is 6.44. The lowest BCUT2D eigenvalue weighted by atomic mass is 10.1. The van der Waals surface area contributed by atoms with Gasteiger partial charge in [-0.15, -0.1) is 0 Å². The summed E-state index contributed by atoms with van der Waals surface area (Å²) in [5, 5.41) is 3.49. The minimum Gasteiger partial charge on any atom is -0.374 e. The van der Waals surface area contributed by atoms with E-state index in [0.717, 1.165) is 30.2 Å². The van der Waals surface area contributed by atoms with E-state index in [4.69, 9.17) is 4.74 Å². The standard InChI is InChI=1S/C15H27N3O/c1-10-13(8-9-16-15(4,5)6)11(2)18-14(17-10)12(3)19-7/h12,16H,8-9H2,1-7H3. The van der Waals surface area contributed by atoms with Gasteiger partial charge in [0.2, 0.25) is 0 Å². The van der Waals surface area contributed by atoms with Crippen LogP contribution in [0.2, 0.25) is 0 Å². The maximum atomic E-state index is 5.27. The molecular formula is C15H27N3O. The van der Waals surface area contributed by atoms with E-state index in [1.165, 1.54) is 5.56 Å². The maximum Gasteiger partial charge on any atom is 0.157 e. The molecule has 0 bridgehead atoms. The fraction of sp³-hybridized carbons (Fsp3) is 0.733. The Labute approximate surface area is 117 Å². The molecule has 0 fully saturated rings. The highest BCUT2D eigenvalue weighted by Gasteiger charge is 2.14. The fourth-order valence-corrected chi connectivity index (χ4v) is 1.98. The summed E-state index contributed by atoms with van der Waals surface area (Å²) in [6.45, 7) is 13.5. The number of methoxy groups -OCH3 is 1. The summed E-state index contributed by atoms with van der Waals surface area (Å²) in [7, 11) is 1.68. The van der Waals surface area contributed by atoms with Gasteiger partial charge in [-0.05, 0) is 60.1 Å². The lowest BCUT2D eigenvalue weighted by Gasteiger charge is -2.21. The molecule has 0 aliphatic carbocycles. The molecule has 0 saturated carbocycles. The van der Waals surface area contributed by atoms with E-state index in [1.54, 1.807) is 7.11 Å². The summed E-state index contributed by atoms with van der Waals surface area (Å²) in [6.07, 6.45) is 0.899. The van der Waals surface area contributed by atoms with Crippen molar-refractivity contribution in [2.45, 2.75) is 59.6 Å². The van der Waals surface area contributed by atoms with Crippen LogP contribution in [-0.4, -0.2) is 29.2 Å². The van der Waals surface area contributed by atoms with Gasteiger partial charge >= 0.3 is 0 Å². The number of aryl methyl sites for hydroxylation is 2. The number of aromatic nitrogens is 2. The SMILES string of the molecule is COC(C)c1nc(C)c(CCNC(C)(C)C)c(C)n1. The molecule has 1 rings (SSSR count). The van der Waals surface area contributed by atoms with Gasteiger partial charge in [0.1, 0.15) is 6.10 Å². The molecule has 0 saturated heterocycles. The Bertz CT molecular complexity index is 401. The van der Waals surface area contributed by atoms with Crippen LogP contribution in [0, 0.1) is 13.8 Å². The van der Waals surface area contributed by atoms with Crippen molar-refractivity contribution in [3.05, 3.63) is 22.8 Å². The van der Waals surface area contributed by atoms with Crippen molar-refractivity contribution in [1.29, 1.82) is 0 Å². The zero-order chi connectivity index (χ0) is 14.6. The molecule has 1 atom stereocenters. The number of hydrogen-bond donors (Lipinski definition) is 1. The van der Waals surface area contributed by atoms with Gasteiger partial charge in [0.15, 0.2) is 5.82 Å². The zero-order valence-electron chi connectivity index (χ0n) is 13.3. The predicted octanol–water partition coefficient (Wildman–Crippen LogP) is 2.73. The largest absolute Gasteiger partial charge is 0.374 e. The predicted molar refractivity (Wildman–Crippen MR) is 78.4 cm³/mol. The summed E-state index contributed by atoms with van der Waals surface area (Å²) in [4.78, 5) is 9.11. The Balaban J connectivity index is 2.80. The first kappa shape index (κ1) is 16.1. The van der Waals surface area contributed by atoms with Crippen LogP contribution in [0.3, 0.4) is 0 Å². The molecule has 0 aliphatic rings. The zero-order valence-corrected chi connectivity index (χ0v) is 13.3. The lowest BCUT2D eigenvalue weighted by Crippen LogP contribution is -2.37. The summed E-state index contributed by atoms with van der Waals surface area (Å²) >= 11 is 0. The number of nitrogens with one attached hydrogen (secondary N) is 1.